The number of hydrogen-bond donors (Lipinski definition) is 1. The van der Waals surface area contributed by atoms with Crippen LogP contribution in [0.25, 0.3) is 0 Å². The number of benzene rings is 2. The molecule has 0 aliphatic heterocycles. The van der Waals surface area contributed by atoms with Gasteiger partial charge in [-0.15, -0.1) is 0 Å². The van der Waals surface area contributed by atoms with Gasteiger partial charge in [0.15, 0.2) is 0 Å². The van der Waals surface area contributed by atoms with Crippen molar-refractivity contribution in [2.24, 2.45) is 0 Å². The number of rotatable bonds is 4. The highest BCUT2D eigenvalue weighted by atomic mass is 16.1. The van der Waals surface area contributed by atoms with Crippen molar-refractivity contribution in [1.29, 1.82) is 5.26 Å². The van der Waals surface area contributed by atoms with Crippen LogP contribution in [0.4, 0.5) is 0 Å². The summed E-state index contributed by atoms with van der Waals surface area (Å²) in [6, 6.07) is 19.6. The third-order valence-electron chi connectivity index (χ3n) is 4.01. The fourth-order valence-corrected chi connectivity index (χ4v) is 2.80. The number of nitriles is 1. The van der Waals surface area contributed by atoms with E-state index in [1.807, 2.05) is 42.5 Å². The number of amides is 1. The Morgan fingerprint density at radius 1 is 1.19 bits per heavy atom. The van der Waals surface area contributed by atoms with Gasteiger partial charge in [0.2, 0.25) is 5.91 Å². The first-order chi connectivity index (χ1) is 10.3. The molecule has 0 fully saturated rings. The van der Waals surface area contributed by atoms with E-state index in [4.69, 9.17) is 0 Å². The van der Waals surface area contributed by atoms with Gasteiger partial charge in [0.05, 0.1) is 6.07 Å². The number of nitrogens with one attached hydrogen (secondary N) is 1. The normalized spacial score (nSPS) is 17.0. The molecule has 0 saturated carbocycles. The summed E-state index contributed by atoms with van der Waals surface area (Å²) in [7, 11) is 0. The second kappa shape index (κ2) is 5.80. The summed E-state index contributed by atoms with van der Waals surface area (Å²) < 4.78 is 0. The summed E-state index contributed by atoms with van der Waals surface area (Å²) in [5.74, 6) is -0.574. The Morgan fingerprint density at radius 3 is 2.62 bits per heavy atom. The maximum Gasteiger partial charge on any atom is 0.241 e. The molecule has 3 rings (SSSR count). The number of nitrogens with zero attached hydrogens (tertiary/aromatic N) is 1. The number of hydrogen-bond acceptors (Lipinski definition) is 2. The maximum atomic E-state index is 12.2. The summed E-state index contributed by atoms with van der Waals surface area (Å²) in [5.41, 5.74) is 3.41. The van der Waals surface area contributed by atoms with Crippen LogP contribution in [-0.2, 0) is 11.2 Å². The highest BCUT2D eigenvalue weighted by Crippen LogP contribution is 2.34. The standard InChI is InChI=1S/C18H16N2O/c19-11-17(13-6-2-1-3-7-13)18(21)20-12-15-10-14-8-4-5-9-16(14)15/h1-9,15,17H,10,12H2,(H,20,21). The molecule has 1 N–H and O–H groups in total. The third kappa shape index (κ3) is 2.66. The van der Waals surface area contributed by atoms with E-state index in [1.165, 1.54) is 11.1 Å². The number of fused-ring (bicyclic) bond motifs is 1. The SMILES string of the molecule is N#CC(C(=O)NCC1Cc2ccccc21)c1ccccc1. The molecule has 104 valence electrons. The summed E-state index contributed by atoms with van der Waals surface area (Å²) in [5, 5.41) is 12.1. The first kappa shape index (κ1) is 13.4. The highest BCUT2D eigenvalue weighted by molar-refractivity contribution is 5.86. The quantitative estimate of drug-likeness (QED) is 0.933. The average Bonchev–Trinajstić information content (AvgIpc) is 2.50. The minimum atomic E-state index is -0.735. The van der Waals surface area contributed by atoms with Crippen LogP contribution in [0.1, 0.15) is 28.5 Å². The Morgan fingerprint density at radius 2 is 1.90 bits per heavy atom. The zero-order chi connectivity index (χ0) is 14.7. The Hall–Kier alpha value is -2.60. The van der Waals surface area contributed by atoms with Crippen molar-refractivity contribution in [3.05, 3.63) is 71.3 Å². The van der Waals surface area contributed by atoms with E-state index in [1.54, 1.807) is 0 Å². The van der Waals surface area contributed by atoms with E-state index >= 15 is 0 Å². The molecular formula is C18H16N2O. The van der Waals surface area contributed by atoms with Crippen LogP contribution in [0.2, 0.25) is 0 Å². The van der Waals surface area contributed by atoms with Gasteiger partial charge in [0, 0.05) is 12.5 Å². The van der Waals surface area contributed by atoms with E-state index in [-0.39, 0.29) is 5.91 Å². The van der Waals surface area contributed by atoms with Gasteiger partial charge >= 0.3 is 0 Å². The topological polar surface area (TPSA) is 52.9 Å². The van der Waals surface area contributed by atoms with E-state index in [0.717, 1.165) is 12.0 Å². The second-order valence-corrected chi connectivity index (χ2v) is 5.32. The minimum absolute atomic E-state index is 0.215. The molecule has 3 nitrogen and oxygen atoms in total. The molecule has 21 heavy (non-hydrogen) atoms. The molecule has 0 heterocycles. The Kier molecular flexibility index (Phi) is 3.70. The lowest BCUT2D eigenvalue weighted by molar-refractivity contribution is -0.121. The van der Waals surface area contributed by atoms with E-state index < -0.39 is 5.92 Å². The van der Waals surface area contributed by atoms with Gasteiger partial charge < -0.3 is 5.32 Å². The number of carbonyl (C=O) groups excluding carboxylic acids is 1. The Labute approximate surface area is 124 Å². The predicted molar refractivity (Wildman–Crippen MR) is 80.7 cm³/mol. The van der Waals surface area contributed by atoms with Crippen molar-refractivity contribution in [2.45, 2.75) is 18.3 Å². The van der Waals surface area contributed by atoms with Crippen LogP contribution in [0.15, 0.2) is 54.6 Å². The summed E-state index contributed by atoms with van der Waals surface area (Å²) >= 11 is 0. The molecule has 0 radical (unpaired) electrons. The molecule has 1 aliphatic carbocycles. The van der Waals surface area contributed by atoms with Crippen LogP contribution in [0, 0.1) is 11.3 Å². The zero-order valence-electron chi connectivity index (χ0n) is 11.6. The van der Waals surface area contributed by atoms with E-state index in [2.05, 4.69) is 23.5 Å². The van der Waals surface area contributed by atoms with Crippen molar-refractivity contribution in [3.8, 4) is 6.07 Å². The lowest BCUT2D eigenvalue weighted by Crippen LogP contribution is -2.35. The van der Waals surface area contributed by atoms with Crippen LogP contribution in [0.5, 0.6) is 0 Å². The van der Waals surface area contributed by atoms with Crippen molar-refractivity contribution in [3.63, 3.8) is 0 Å². The van der Waals surface area contributed by atoms with Gasteiger partial charge in [0.1, 0.15) is 5.92 Å². The summed E-state index contributed by atoms with van der Waals surface area (Å²) in [6.45, 7) is 0.598. The third-order valence-corrected chi connectivity index (χ3v) is 4.01. The van der Waals surface area contributed by atoms with E-state index in [0.29, 0.717) is 12.5 Å². The van der Waals surface area contributed by atoms with Gasteiger partial charge in [-0.25, -0.2) is 0 Å². The molecule has 1 amide bonds. The lowest BCUT2D eigenvalue weighted by Gasteiger charge is -2.30. The summed E-state index contributed by atoms with van der Waals surface area (Å²) in [6.07, 6.45) is 0.999. The smallest absolute Gasteiger partial charge is 0.241 e. The fraction of sp³-hybridized carbons (Fsp3) is 0.222. The molecule has 0 saturated heterocycles. The van der Waals surface area contributed by atoms with Gasteiger partial charge in [0.25, 0.3) is 0 Å². The molecular weight excluding hydrogens is 260 g/mol. The Balaban J connectivity index is 1.61. The Bertz CT molecular complexity index is 688. The van der Waals surface area contributed by atoms with Crippen LogP contribution in [-0.4, -0.2) is 12.5 Å². The van der Waals surface area contributed by atoms with Crippen molar-refractivity contribution in [1.82, 2.24) is 5.32 Å². The van der Waals surface area contributed by atoms with Gasteiger partial charge in [-0.05, 0) is 23.1 Å². The zero-order valence-corrected chi connectivity index (χ0v) is 11.6. The van der Waals surface area contributed by atoms with Crippen LogP contribution >= 0.6 is 0 Å². The van der Waals surface area contributed by atoms with Crippen LogP contribution in [0.3, 0.4) is 0 Å². The molecule has 2 unspecified atom stereocenters. The van der Waals surface area contributed by atoms with E-state index in [9.17, 15) is 10.1 Å². The molecule has 3 heteroatoms. The highest BCUT2D eigenvalue weighted by Gasteiger charge is 2.27. The van der Waals surface area contributed by atoms with Crippen LogP contribution < -0.4 is 5.32 Å². The molecule has 0 aromatic heterocycles. The van der Waals surface area contributed by atoms with Gasteiger partial charge in [-0.2, -0.15) is 5.26 Å². The van der Waals surface area contributed by atoms with Crippen molar-refractivity contribution < 1.29 is 4.79 Å². The molecule has 1 aliphatic rings. The van der Waals surface area contributed by atoms with Gasteiger partial charge in [-0.1, -0.05) is 54.6 Å². The first-order valence-electron chi connectivity index (χ1n) is 7.09. The van der Waals surface area contributed by atoms with Gasteiger partial charge in [-0.3, -0.25) is 4.79 Å². The second-order valence-electron chi connectivity index (χ2n) is 5.32. The first-order valence-corrected chi connectivity index (χ1v) is 7.09. The van der Waals surface area contributed by atoms with Crippen molar-refractivity contribution in [2.75, 3.05) is 6.54 Å². The summed E-state index contributed by atoms with van der Waals surface area (Å²) in [4.78, 5) is 12.2. The maximum absolute atomic E-state index is 12.2. The molecule has 0 spiro atoms. The monoisotopic (exact) mass is 276 g/mol. The largest absolute Gasteiger partial charge is 0.354 e. The molecule has 2 aromatic rings. The number of carbonyl (C=O) groups is 1. The van der Waals surface area contributed by atoms with Crippen molar-refractivity contribution >= 4 is 5.91 Å². The molecule has 2 aromatic carbocycles. The average molecular weight is 276 g/mol. The minimum Gasteiger partial charge on any atom is -0.354 e. The fourth-order valence-electron chi connectivity index (χ4n) is 2.80. The molecule has 0 bridgehead atoms. The predicted octanol–water partition coefficient (Wildman–Crippen LogP) is 2.75. The molecule has 2 atom stereocenters. The lowest BCUT2D eigenvalue weighted by atomic mass is 9.77.